The summed E-state index contributed by atoms with van der Waals surface area (Å²) in [6.45, 7) is 2.81. The Labute approximate surface area is 105 Å². The molecule has 18 heavy (non-hydrogen) atoms. The van der Waals surface area contributed by atoms with Gasteiger partial charge in [-0.25, -0.2) is 9.78 Å². The Morgan fingerprint density at radius 1 is 1.44 bits per heavy atom. The molecule has 1 aromatic rings. The molecule has 96 valence electrons. The van der Waals surface area contributed by atoms with Crippen molar-refractivity contribution in [1.29, 1.82) is 0 Å². The number of carbonyl (C=O) groups excluding carboxylic acids is 2. The summed E-state index contributed by atoms with van der Waals surface area (Å²) in [4.78, 5) is 29.4. The summed E-state index contributed by atoms with van der Waals surface area (Å²) < 4.78 is 1.85. The minimum atomic E-state index is -0.675. The first-order valence-corrected chi connectivity index (χ1v) is 6.21. The molecule has 0 unspecified atom stereocenters. The molecule has 1 saturated carbocycles. The number of nitrogens with one attached hydrogen (secondary N) is 1. The maximum Gasteiger partial charge on any atom is 0.325 e. The Morgan fingerprint density at radius 2 is 2.22 bits per heavy atom. The number of aromatic nitrogens is 2. The Bertz CT molecular complexity index is 480. The van der Waals surface area contributed by atoms with Crippen LogP contribution in [0.3, 0.4) is 0 Å². The molecule has 2 aliphatic rings. The van der Waals surface area contributed by atoms with E-state index < -0.39 is 5.54 Å². The van der Waals surface area contributed by atoms with Crippen LogP contribution in [0.2, 0.25) is 0 Å². The Balaban J connectivity index is 1.69. The van der Waals surface area contributed by atoms with Crippen molar-refractivity contribution >= 4 is 11.9 Å². The number of hydrogen-bond acceptors (Lipinski definition) is 3. The summed E-state index contributed by atoms with van der Waals surface area (Å²) in [7, 11) is 0. The van der Waals surface area contributed by atoms with E-state index in [1.54, 1.807) is 12.5 Å². The monoisotopic (exact) mass is 248 g/mol. The predicted octanol–water partition coefficient (Wildman–Crippen LogP) is 0.604. The van der Waals surface area contributed by atoms with E-state index in [-0.39, 0.29) is 11.9 Å². The second-order valence-electron chi connectivity index (χ2n) is 5.16. The molecule has 0 aromatic carbocycles. The molecule has 2 fully saturated rings. The first-order chi connectivity index (χ1) is 8.61. The second kappa shape index (κ2) is 3.83. The molecule has 1 aliphatic carbocycles. The van der Waals surface area contributed by atoms with Gasteiger partial charge < -0.3 is 9.88 Å². The highest BCUT2D eigenvalue weighted by atomic mass is 16.2. The normalized spacial score (nSPS) is 27.7. The summed E-state index contributed by atoms with van der Waals surface area (Å²) in [6, 6.07) is -0.269. The fraction of sp³-hybridized carbons (Fsp3) is 0.583. The molecular weight excluding hydrogens is 232 g/mol. The lowest BCUT2D eigenvalue weighted by molar-refractivity contribution is -0.131. The summed E-state index contributed by atoms with van der Waals surface area (Å²) >= 11 is 0. The lowest BCUT2D eigenvalue weighted by Gasteiger charge is -2.20. The van der Waals surface area contributed by atoms with Crippen LogP contribution in [-0.2, 0) is 11.3 Å². The van der Waals surface area contributed by atoms with Gasteiger partial charge in [0.15, 0.2) is 0 Å². The van der Waals surface area contributed by atoms with Crippen molar-refractivity contribution in [3.8, 4) is 0 Å². The zero-order chi connectivity index (χ0) is 12.8. The third-order valence-corrected chi connectivity index (χ3v) is 3.84. The number of rotatable bonds is 4. The van der Waals surface area contributed by atoms with E-state index in [2.05, 4.69) is 10.3 Å². The van der Waals surface area contributed by atoms with Gasteiger partial charge in [0.2, 0.25) is 0 Å². The number of amides is 3. The highest BCUT2D eigenvalue weighted by Crippen LogP contribution is 2.42. The summed E-state index contributed by atoms with van der Waals surface area (Å²) in [5.74, 6) is 0.224. The second-order valence-corrected chi connectivity index (χ2v) is 5.16. The molecule has 0 spiro atoms. The molecule has 1 aromatic heterocycles. The quantitative estimate of drug-likeness (QED) is 0.794. The lowest BCUT2D eigenvalue weighted by atomic mass is 9.96. The Morgan fingerprint density at radius 3 is 2.83 bits per heavy atom. The molecule has 1 aliphatic heterocycles. The van der Waals surface area contributed by atoms with Crippen LogP contribution in [0.5, 0.6) is 0 Å². The van der Waals surface area contributed by atoms with E-state index >= 15 is 0 Å². The van der Waals surface area contributed by atoms with Gasteiger partial charge in [-0.1, -0.05) is 0 Å². The van der Waals surface area contributed by atoms with Gasteiger partial charge >= 0.3 is 6.03 Å². The van der Waals surface area contributed by atoms with Crippen LogP contribution >= 0.6 is 0 Å². The van der Waals surface area contributed by atoms with Gasteiger partial charge in [-0.2, -0.15) is 0 Å². The van der Waals surface area contributed by atoms with Gasteiger partial charge in [0.05, 0.1) is 6.33 Å². The summed E-state index contributed by atoms with van der Waals surface area (Å²) in [6.07, 6.45) is 7.23. The molecule has 0 radical (unpaired) electrons. The molecule has 6 heteroatoms. The standard InChI is InChI=1S/C12H16N4O2/c1-12(9-2-3-9)10(17)16(11(18)14-12)7-6-15-5-4-13-8-15/h4-5,8-9H,2-3,6-7H2,1H3,(H,14,18)/t12-/m1/s1. The van der Waals surface area contributed by atoms with Crippen molar-refractivity contribution in [1.82, 2.24) is 19.8 Å². The molecule has 1 N–H and O–H groups in total. The fourth-order valence-electron chi connectivity index (χ4n) is 2.49. The Hall–Kier alpha value is -1.85. The zero-order valence-electron chi connectivity index (χ0n) is 10.3. The fourth-order valence-corrected chi connectivity index (χ4v) is 2.49. The van der Waals surface area contributed by atoms with Crippen LogP contribution in [0, 0.1) is 5.92 Å². The van der Waals surface area contributed by atoms with Crippen molar-refractivity contribution in [2.75, 3.05) is 6.54 Å². The SMILES string of the molecule is C[C@]1(C2CC2)NC(=O)N(CCn2ccnc2)C1=O. The molecule has 6 nitrogen and oxygen atoms in total. The smallest absolute Gasteiger partial charge is 0.325 e. The van der Waals surface area contributed by atoms with Gasteiger partial charge in [0.25, 0.3) is 5.91 Å². The van der Waals surface area contributed by atoms with E-state index in [4.69, 9.17) is 0 Å². The molecule has 3 amide bonds. The minimum absolute atomic E-state index is 0.0879. The molecule has 1 saturated heterocycles. The van der Waals surface area contributed by atoms with E-state index in [0.29, 0.717) is 19.0 Å². The van der Waals surface area contributed by atoms with E-state index in [9.17, 15) is 9.59 Å². The van der Waals surface area contributed by atoms with Crippen LogP contribution in [0.15, 0.2) is 18.7 Å². The molecule has 0 bridgehead atoms. The van der Waals surface area contributed by atoms with Crippen molar-refractivity contribution in [3.63, 3.8) is 0 Å². The van der Waals surface area contributed by atoms with Crippen LogP contribution in [0.4, 0.5) is 4.79 Å². The van der Waals surface area contributed by atoms with Crippen LogP contribution < -0.4 is 5.32 Å². The number of carbonyl (C=O) groups is 2. The molecule has 1 atom stereocenters. The molecule has 3 rings (SSSR count). The lowest BCUT2D eigenvalue weighted by Crippen LogP contribution is -2.46. The third-order valence-electron chi connectivity index (χ3n) is 3.84. The van der Waals surface area contributed by atoms with E-state index in [1.165, 1.54) is 4.90 Å². The maximum atomic E-state index is 12.3. The van der Waals surface area contributed by atoms with E-state index in [1.807, 2.05) is 17.7 Å². The first kappa shape index (κ1) is 11.3. The highest BCUT2D eigenvalue weighted by molar-refractivity contribution is 6.07. The molecule has 2 heterocycles. The first-order valence-electron chi connectivity index (χ1n) is 6.21. The zero-order valence-corrected chi connectivity index (χ0v) is 10.3. The largest absolute Gasteiger partial charge is 0.336 e. The van der Waals surface area contributed by atoms with Crippen LogP contribution in [0.1, 0.15) is 19.8 Å². The average molecular weight is 248 g/mol. The topological polar surface area (TPSA) is 67.2 Å². The van der Waals surface area contributed by atoms with Crippen molar-refractivity contribution in [2.45, 2.75) is 31.8 Å². The van der Waals surface area contributed by atoms with Crippen LogP contribution in [-0.4, -0.2) is 38.5 Å². The maximum absolute atomic E-state index is 12.3. The number of imidazole rings is 1. The predicted molar refractivity (Wildman–Crippen MR) is 63.6 cm³/mol. The van der Waals surface area contributed by atoms with Crippen molar-refractivity contribution < 1.29 is 9.59 Å². The van der Waals surface area contributed by atoms with Gasteiger partial charge in [-0.05, 0) is 25.7 Å². The number of imide groups is 1. The van der Waals surface area contributed by atoms with Crippen molar-refractivity contribution in [2.24, 2.45) is 5.92 Å². The van der Waals surface area contributed by atoms with Crippen LogP contribution in [0.25, 0.3) is 0 Å². The number of urea groups is 1. The summed E-state index contributed by atoms with van der Waals surface area (Å²) in [5, 5.41) is 2.83. The van der Waals surface area contributed by atoms with Gasteiger partial charge in [-0.3, -0.25) is 9.69 Å². The Kier molecular flexibility index (Phi) is 2.39. The van der Waals surface area contributed by atoms with Gasteiger partial charge in [0.1, 0.15) is 5.54 Å². The van der Waals surface area contributed by atoms with Gasteiger partial charge in [-0.15, -0.1) is 0 Å². The number of hydrogen-bond donors (Lipinski definition) is 1. The molecular formula is C12H16N4O2. The average Bonchev–Trinajstić information content (AvgIpc) is 3.03. The minimum Gasteiger partial charge on any atom is -0.336 e. The highest BCUT2D eigenvalue weighted by Gasteiger charge is 2.55. The van der Waals surface area contributed by atoms with E-state index in [0.717, 1.165) is 12.8 Å². The van der Waals surface area contributed by atoms with Crippen molar-refractivity contribution in [3.05, 3.63) is 18.7 Å². The van der Waals surface area contributed by atoms with Gasteiger partial charge in [0, 0.05) is 25.5 Å². The summed E-state index contributed by atoms with van der Waals surface area (Å²) in [5.41, 5.74) is -0.675. The third kappa shape index (κ3) is 1.68. The number of nitrogens with zero attached hydrogens (tertiary/aromatic N) is 3.